The highest BCUT2D eigenvalue weighted by Crippen LogP contribution is 2.33. The number of benzene rings is 1. The van der Waals surface area contributed by atoms with Gasteiger partial charge in [0.1, 0.15) is 5.82 Å². The van der Waals surface area contributed by atoms with Crippen molar-refractivity contribution < 1.29 is 4.39 Å². The molecule has 0 spiro atoms. The van der Waals surface area contributed by atoms with Gasteiger partial charge in [0.25, 0.3) is 0 Å². The van der Waals surface area contributed by atoms with Gasteiger partial charge in [0.15, 0.2) is 0 Å². The standard InChI is InChI=1S/C15H18FN3/c1-19-10-14(12-3-2-4-13(16)9-12)15(18-19)11-5-7-17-8-6-11/h2-4,9-11,17H,5-8H2,1H3. The first kappa shape index (κ1) is 12.4. The Kier molecular flexibility index (Phi) is 3.34. The fourth-order valence-electron chi connectivity index (χ4n) is 2.78. The van der Waals surface area contributed by atoms with E-state index in [2.05, 4.69) is 10.4 Å². The molecule has 1 aromatic heterocycles. The Morgan fingerprint density at radius 2 is 2.11 bits per heavy atom. The molecular formula is C15H18FN3. The van der Waals surface area contributed by atoms with Gasteiger partial charge in [-0.3, -0.25) is 4.68 Å². The summed E-state index contributed by atoms with van der Waals surface area (Å²) in [4.78, 5) is 0. The average Bonchev–Trinajstić information content (AvgIpc) is 2.82. The molecule has 1 aliphatic rings. The maximum Gasteiger partial charge on any atom is 0.123 e. The summed E-state index contributed by atoms with van der Waals surface area (Å²) >= 11 is 0. The van der Waals surface area contributed by atoms with E-state index in [-0.39, 0.29) is 5.82 Å². The van der Waals surface area contributed by atoms with Crippen LogP contribution in [-0.4, -0.2) is 22.9 Å². The molecule has 0 unspecified atom stereocenters. The highest BCUT2D eigenvalue weighted by atomic mass is 19.1. The Hall–Kier alpha value is -1.68. The van der Waals surface area contributed by atoms with E-state index in [0.29, 0.717) is 5.92 Å². The maximum atomic E-state index is 13.4. The number of halogens is 1. The lowest BCUT2D eigenvalue weighted by Crippen LogP contribution is -2.27. The lowest BCUT2D eigenvalue weighted by molar-refractivity contribution is 0.450. The van der Waals surface area contributed by atoms with Crippen LogP contribution < -0.4 is 5.32 Å². The molecule has 1 aromatic carbocycles. The summed E-state index contributed by atoms with van der Waals surface area (Å²) in [5.74, 6) is 0.276. The zero-order valence-electron chi connectivity index (χ0n) is 11.1. The second kappa shape index (κ2) is 5.13. The maximum absolute atomic E-state index is 13.4. The largest absolute Gasteiger partial charge is 0.317 e. The number of nitrogens with zero attached hydrogens (tertiary/aromatic N) is 2. The topological polar surface area (TPSA) is 29.9 Å². The highest BCUT2D eigenvalue weighted by Gasteiger charge is 2.22. The SMILES string of the molecule is Cn1cc(-c2cccc(F)c2)c(C2CCNCC2)n1. The molecule has 1 saturated heterocycles. The Balaban J connectivity index is 2.01. The Morgan fingerprint density at radius 1 is 1.32 bits per heavy atom. The summed E-state index contributed by atoms with van der Waals surface area (Å²) in [6.45, 7) is 2.06. The summed E-state index contributed by atoms with van der Waals surface area (Å²) in [7, 11) is 1.92. The van der Waals surface area contributed by atoms with Crippen molar-refractivity contribution in [1.82, 2.24) is 15.1 Å². The highest BCUT2D eigenvalue weighted by molar-refractivity contribution is 5.66. The summed E-state index contributed by atoms with van der Waals surface area (Å²) in [5, 5.41) is 7.97. The zero-order chi connectivity index (χ0) is 13.2. The van der Waals surface area contributed by atoms with Crippen molar-refractivity contribution in [3.63, 3.8) is 0 Å². The van der Waals surface area contributed by atoms with E-state index in [4.69, 9.17) is 0 Å². The molecule has 0 saturated carbocycles. The first-order chi connectivity index (χ1) is 9.24. The molecule has 0 amide bonds. The predicted molar refractivity (Wildman–Crippen MR) is 73.4 cm³/mol. The number of hydrogen-bond donors (Lipinski definition) is 1. The minimum atomic E-state index is -0.197. The quantitative estimate of drug-likeness (QED) is 0.898. The van der Waals surface area contributed by atoms with Gasteiger partial charge in [0.05, 0.1) is 5.69 Å². The van der Waals surface area contributed by atoms with Crippen LogP contribution >= 0.6 is 0 Å². The predicted octanol–water partition coefficient (Wildman–Crippen LogP) is 2.69. The molecule has 0 bridgehead atoms. The number of piperidine rings is 1. The normalized spacial score (nSPS) is 16.7. The first-order valence-electron chi connectivity index (χ1n) is 6.74. The van der Waals surface area contributed by atoms with Crippen molar-refractivity contribution in [2.45, 2.75) is 18.8 Å². The molecule has 2 heterocycles. The molecule has 19 heavy (non-hydrogen) atoms. The molecule has 3 nitrogen and oxygen atoms in total. The van der Waals surface area contributed by atoms with E-state index in [0.717, 1.165) is 42.8 Å². The van der Waals surface area contributed by atoms with Crippen LogP contribution in [0.1, 0.15) is 24.5 Å². The van der Waals surface area contributed by atoms with Gasteiger partial charge >= 0.3 is 0 Å². The molecule has 4 heteroatoms. The van der Waals surface area contributed by atoms with Crippen molar-refractivity contribution in [2.75, 3.05) is 13.1 Å². The van der Waals surface area contributed by atoms with E-state index in [1.807, 2.05) is 24.0 Å². The zero-order valence-corrected chi connectivity index (χ0v) is 11.1. The number of hydrogen-bond acceptors (Lipinski definition) is 2. The molecule has 1 fully saturated rings. The fraction of sp³-hybridized carbons (Fsp3) is 0.400. The molecule has 3 rings (SSSR count). The van der Waals surface area contributed by atoms with Crippen LogP contribution in [0.2, 0.25) is 0 Å². The average molecular weight is 259 g/mol. The number of nitrogens with one attached hydrogen (secondary N) is 1. The van der Waals surface area contributed by atoms with Crippen LogP contribution in [0.5, 0.6) is 0 Å². The minimum absolute atomic E-state index is 0.197. The van der Waals surface area contributed by atoms with Gasteiger partial charge in [-0.05, 0) is 43.6 Å². The van der Waals surface area contributed by atoms with E-state index in [1.54, 1.807) is 12.1 Å². The van der Waals surface area contributed by atoms with Crippen molar-refractivity contribution in [2.24, 2.45) is 7.05 Å². The summed E-state index contributed by atoms with van der Waals surface area (Å²) in [6, 6.07) is 6.76. The first-order valence-corrected chi connectivity index (χ1v) is 6.74. The van der Waals surface area contributed by atoms with Gasteiger partial charge in [0, 0.05) is 24.7 Å². The summed E-state index contributed by atoms with van der Waals surface area (Å²) in [6.07, 6.45) is 4.19. The Bertz CT molecular complexity index is 571. The van der Waals surface area contributed by atoms with Crippen LogP contribution in [0.4, 0.5) is 4.39 Å². The molecule has 0 aliphatic carbocycles. The van der Waals surface area contributed by atoms with E-state index in [1.165, 1.54) is 6.07 Å². The third-order valence-corrected chi connectivity index (χ3v) is 3.72. The van der Waals surface area contributed by atoms with Gasteiger partial charge in [-0.1, -0.05) is 12.1 Å². The molecule has 0 atom stereocenters. The van der Waals surface area contributed by atoms with E-state index >= 15 is 0 Å². The Morgan fingerprint density at radius 3 is 2.84 bits per heavy atom. The molecule has 2 aromatic rings. The fourth-order valence-corrected chi connectivity index (χ4v) is 2.78. The van der Waals surface area contributed by atoms with Crippen molar-refractivity contribution in [1.29, 1.82) is 0 Å². The minimum Gasteiger partial charge on any atom is -0.317 e. The summed E-state index contributed by atoms with van der Waals surface area (Å²) in [5.41, 5.74) is 3.09. The second-order valence-corrected chi connectivity index (χ2v) is 5.14. The van der Waals surface area contributed by atoms with Crippen LogP contribution in [-0.2, 0) is 7.05 Å². The van der Waals surface area contributed by atoms with Gasteiger partial charge < -0.3 is 5.32 Å². The molecular weight excluding hydrogens is 241 g/mol. The lowest BCUT2D eigenvalue weighted by atomic mass is 9.90. The van der Waals surface area contributed by atoms with Crippen LogP contribution in [0.25, 0.3) is 11.1 Å². The van der Waals surface area contributed by atoms with Crippen LogP contribution in [0, 0.1) is 5.82 Å². The summed E-state index contributed by atoms with van der Waals surface area (Å²) < 4.78 is 15.2. The molecule has 1 aliphatic heterocycles. The van der Waals surface area contributed by atoms with Gasteiger partial charge in [-0.15, -0.1) is 0 Å². The molecule has 0 radical (unpaired) electrons. The van der Waals surface area contributed by atoms with Crippen molar-refractivity contribution in [3.8, 4) is 11.1 Å². The third kappa shape index (κ3) is 2.54. The lowest BCUT2D eigenvalue weighted by Gasteiger charge is -2.22. The molecule has 1 N–H and O–H groups in total. The smallest absolute Gasteiger partial charge is 0.123 e. The third-order valence-electron chi connectivity index (χ3n) is 3.72. The van der Waals surface area contributed by atoms with E-state index < -0.39 is 0 Å². The second-order valence-electron chi connectivity index (χ2n) is 5.14. The number of rotatable bonds is 2. The Labute approximate surface area is 112 Å². The van der Waals surface area contributed by atoms with Gasteiger partial charge in [-0.25, -0.2) is 4.39 Å². The van der Waals surface area contributed by atoms with Crippen molar-refractivity contribution >= 4 is 0 Å². The number of aryl methyl sites for hydroxylation is 1. The van der Waals surface area contributed by atoms with Crippen molar-refractivity contribution in [3.05, 3.63) is 42.0 Å². The number of aromatic nitrogens is 2. The van der Waals surface area contributed by atoms with Crippen LogP contribution in [0.15, 0.2) is 30.5 Å². The van der Waals surface area contributed by atoms with Gasteiger partial charge in [-0.2, -0.15) is 5.10 Å². The molecule has 100 valence electrons. The van der Waals surface area contributed by atoms with E-state index in [9.17, 15) is 4.39 Å². The monoisotopic (exact) mass is 259 g/mol. The van der Waals surface area contributed by atoms with Gasteiger partial charge in [0.2, 0.25) is 0 Å². The van der Waals surface area contributed by atoms with Crippen LogP contribution in [0.3, 0.4) is 0 Å².